The summed E-state index contributed by atoms with van der Waals surface area (Å²) in [7, 11) is 0. The van der Waals surface area contributed by atoms with Crippen molar-refractivity contribution in [3.8, 4) is 11.4 Å². The third-order valence-corrected chi connectivity index (χ3v) is 4.91. The molecule has 0 atom stereocenters. The van der Waals surface area contributed by atoms with Crippen LogP contribution in [0.15, 0.2) is 47.0 Å². The number of carbonyl (C=O) groups is 2. The Hall–Kier alpha value is -3.79. The SMILES string of the molecule is O=C(OCc1nc(-c2ccc([N+](=O)[O-])cc2)no1)c1ccc(Cl)cc1N1CCCC1=O. The van der Waals surface area contributed by atoms with E-state index in [1.54, 1.807) is 12.1 Å². The van der Waals surface area contributed by atoms with Gasteiger partial charge in [-0.1, -0.05) is 16.8 Å². The lowest BCUT2D eigenvalue weighted by molar-refractivity contribution is -0.384. The number of carbonyl (C=O) groups excluding carboxylic acids is 2. The van der Waals surface area contributed by atoms with E-state index >= 15 is 0 Å². The number of hydrogen-bond donors (Lipinski definition) is 0. The summed E-state index contributed by atoms with van der Waals surface area (Å²) >= 11 is 6.05. The minimum atomic E-state index is -0.665. The molecule has 3 aromatic rings. The Kier molecular flexibility index (Phi) is 5.63. The molecule has 1 amide bonds. The predicted molar refractivity (Wildman–Crippen MR) is 109 cm³/mol. The van der Waals surface area contributed by atoms with Gasteiger partial charge in [0.15, 0.2) is 6.61 Å². The van der Waals surface area contributed by atoms with Gasteiger partial charge in [0.25, 0.3) is 11.6 Å². The molecule has 0 saturated carbocycles. The standard InChI is InChI=1S/C20H15ClN4O6/c21-13-5-8-15(16(10-13)24-9-1-2-18(24)26)20(27)30-11-17-22-19(23-31-17)12-3-6-14(7-4-12)25(28)29/h3-8,10H,1-2,9,11H2. The second-order valence-corrected chi connectivity index (χ2v) is 7.14. The third kappa shape index (κ3) is 4.38. The first kappa shape index (κ1) is 20.5. The number of anilines is 1. The van der Waals surface area contributed by atoms with Crippen molar-refractivity contribution < 1.29 is 23.8 Å². The quantitative estimate of drug-likeness (QED) is 0.320. The summed E-state index contributed by atoms with van der Waals surface area (Å²) in [4.78, 5) is 40.6. The van der Waals surface area contributed by atoms with Crippen LogP contribution in [0, 0.1) is 10.1 Å². The molecule has 0 unspecified atom stereocenters. The summed E-state index contributed by atoms with van der Waals surface area (Å²) in [6.45, 7) is 0.219. The number of aromatic nitrogens is 2. The highest BCUT2D eigenvalue weighted by Crippen LogP contribution is 2.29. The minimum absolute atomic E-state index is 0.0504. The Bertz CT molecular complexity index is 1160. The van der Waals surface area contributed by atoms with E-state index < -0.39 is 10.9 Å². The van der Waals surface area contributed by atoms with Crippen LogP contribution in [0.5, 0.6) is 0 Å². The van der Waals surface area contributed by atoms with Crippen molar-refractivity contribution in [3.05, 3.63) is 69.1 Å². The fourth-order valence-corrected chi connectivity index (χ4v) is 3.34. The van der Waals surface area contributed by atoms with Crippen LogP contribution in [0.3, 0.4) is 0 Å². The monoisotopic (exact) mass is 442 g/mol. The van der Waals surface area contributed by atoms with Crippen LogP contribution in [-0.4, -0.2) is 33.5 Å². The Balaban J connectivity index is 1.46. The molecule has 2 aromatic carbocycles. The van der Waals surface area contributed by atoms with Crippen molar-refractivity contribution in [1.29, 1.82) is 0 Å². The van der Waals surface area contributed by atoms with E-state index in [1.165, 1.54) is 35.2 Å². The van der Waals surface area contributed by atoms with E-state index in [0.29, 0.717) is 35.7 Å². The van der Waals surface area contributed by atoms with Gasteiger partial charge in [0.1, 0.15) is 0 Å². The Morgan fingerprint density at radius 2 is 2.03 bits per heavy atom. The lowest BCUT2D eigenvalue weighted by atomic mass is 10.1. The van der Waals surface area contributed by atoms with Gasteiger partial charge in [0.2, 0.25) is 11.7 Å². The molecule has 158 valence electrons. The van der Waals surface area contributed by atoms with Gasteiger partial charge in [-0.3, -0.25) is 14.9 Å². The Morgan fingerprint density at radius 3 is 2.71 bits per heavy atom. The highest BCUT2D eigenvalue weighted by molar-refractivity contribution is 6.31. The second kappa shape index (κ2) is 8.52. The molecule has 1 aliphatic rings. The van der Waals surface area contributed by atoms with Crippen LogP contribution in [0.1, 0.15) is 29.1 Å². The van der Waals surface area contributed by atoms with Gasteiger partial charge < -0.3 is 14.2 Å². The van der Waals surface area contributed by atoms with Crippen LogP contribution in [0.4, 0.5) is 11.4 Å². The average molecular weight is 443 g/mol. The molecule has 4 rings (SSSR count). The van der Waals surface area contributed by atoms with Crippen LogP contribution < -0.4 is 4.90 Å². The number of non-ortho nitro benzene ring substituents is 1. The van der Waals surface area contributed by atoms with E-state index in [2.05, 4.69) is 10.1 Å². The molecule has 0 aliphatic carbocycles. The zero-order valence-corrected chi connectivity index (χ0v) is 16.7. The van der Waals surface area contributed by atoms with Crippen LogP contribution in [0.25, 0.3) is 11.4 Å². The number of halogens is 1. The molecular weight excluding hydrogens is 428 g/mol. The molecule has 1 aromatic heterocycles. The van der Waals surface area contributed by atoms with Crippen molar-refractivity contribution in [2.75, 3.05) is 11.4 Å². The van der Waals surface area contributed by atoms with Crippen molar-refractivity contribution in [1.82, 2.24) is 10.1 Å². The van der Waals surface area contributed by atoms with Gasteiger partial charge in [0.05, 0.1) is 16.2 Å². The van der Waals surface area contributed by atoms with E-state index in [1.807, 2.05) is 0 Å². The Morgan fingerprint density at radius 1 is 1.26 bits per heavy atom. The second-order valence-electron chi connectivity index (χ2n) is 6.70. The van der Waals surface area contributed by atoms with Gasteiger partial charge in [-0.15, -0.1) is 0 Å². The first-order valence-corrected chi connectivity index (χ1v) is 9.64. The molecule has 0 N–H and O–H groups in total. The van der Waals surface area contributed by atoms with Gasteiger partial charge in [0, 0.05) is 35.7 Å². The predicted octanol–water partition coefficient (Wildman–Crippen LogP) is 3.78. The number of nitro benzene ring substituents is 1. The molecule has 0 spiro atoms. The molecule has 1 saturated heterocycles. The number of nitro groups is 1. The molecular formula is C20H15ClN4O6. The van der Waals surface area contributed by atoms with E-state index in [9.17, 15) is 19.7 Å². The normalized spacial score (nSPS) is 13.5. The topological polar surface area (TPSA) is 129 Å². The largest absolute Gasteiger partial charge is 0.452 e. The first-order valence-electron chi connectivity index (χ1n) is 9.27. The van der Waals surface area contributed by atoms with Gasteiger partial charge in [-0.2, -0.15) is 4.98 Å². The number of rotatable bonds is 6. The zero-order chi connectivity index (χ0) is 22.0. The molecule has 0 bridgehead atoms. The number of ether oxygens (including phenoxy) is 1. The third-order valence-electron chi connectivity index (χ3n) is 4.68. The summed E-state index contributed by atoms with van der Waals surface area (Å²) in [5.41, 5.74) is 1.06. The van der Waals surface area contributed by atoms with Gasteiger partial charge in [-0.25, -0.2) is 4.79 Å². The fraction of sp³-hybridized carbons (Fsp3) is 0.200. The number of esters is 1. The van der Waals surface area contributed by atoms with Gasteiger partial charge in [-0.05, 0) is 36.8 Å². The Labute approximate surface area is 180 Å². The van der Waals surface area contributed by atoms with Crippen molar-refractivity contribution in [2.24, 2.45) is 0 Å². The van der Waals surface area contributed by atoms with E-state index in [0.717, 1.165) is 0 Å². The summed E-state index contributed by atoms with van der Waals surface area (Å²) in [5, 5.41) is 14.9. The molecule has 10 nitrogen and oxygen atoms in total. The lowest BCUT2D eigenvalue weighted by Crippen LogP contribution is -2.26. The molecule has 2 heterocycles. The first-order chi connectivity index (χ1) is 14.9. The summed E-state index contributed by atoms with van der Waals surface area (Å²) < 4.78 is 10.4. The maximum Gasteiger partial charge on any atom is 0.340 e. The van der Waals surface area contributed by atoms with Gasteiger partial charge >= 0.3 is 5.97 Å². The molecule has 1 fully saturated rings. The van der Waals surface area contributed by atoms with Crippen LogP contribution in [-0.2, 0) is 16.1 Å². The summed E-state index contributed by atoms with van der Waals surface area (Å²) in [5.74, 6) is -0.493. The van der Waals surface area contributed by atoms with Crippen molar-refractivity contribution in [3.63, 3.8) is 0 Å². The molecule has 0 radical (unpaired) electrons. The molecule has 1 aliphatic heterocycles. The number of amides is 1. The molecule has 31 heavy (non-hydrogen) atoms. The lowest BCUT2D eigenvalue weighted by Gasteiger charge is -2.19. The number of nitrogens with zero attached hydrogens (tertiary/aromatic N) is 4. The fourth-order valence-electron chi connectivity index (χ4n) is 3.17. The van der Waals surface area contributed by atoms with E-state index in [4.69, 9.17) is 20.9 Å². The molecule has 11 heteroatoms. The summed E-state index contributed by atoms with van der Waals surface area (Å²) in [6.07, 6.45) is 1.11. The van der Waals surface area contributed by atoms with Crippen LogP contribution in [0.2, 0.25) is 5.02 Å². The van der Waals surface area contributed by atoms with E-state index in [-0.39, 0.29) is 35.5 Å². The highest BCUT2D eigenvalue weighted by atomic mass is 35.5. The maximum absolute atomic E-state index is 12.6. The maximum atomic E-state index is 12.6. The van der Waals surface area contributed by atoms with Crippen LogP contribution >= 0.6 is 11.6 Å². The smallest absolute Gasteiger partial charge is 0.340 e. The zero-order valence-electron chi connectivity index (χ0n) is 16.0. The summed E-state index contributed by atoms with van der Waals surface area (Å²) in [6, 6.07) is 10.2. The number of benzene rings is 2. The van der Waals surface area contributed by atoms with Crippen molar-refractivity contribution >= 4 is 34.9 Å². The minimum Gasteiger partial charge on any atom is -0.452 e. The number of hydrogen-bond acceptors (Lipinski definition) is 8. The highest BCUT2D eigenvalue weighted by Gasteiger charge is 2.27. The van der Waals surface area contributed by atoms with Crippen molar-refractivity contribution in [2.45, 2.75) is 19.4 Å². The average Bonchev–Trinajstić information content (AvgIpc) is 3.41.